The van der Waals surface area contributed by atoms with Gasteiger partial charge in [0.05, 0.1) is 17.6 Å². The highest BCUT2D eigenvalue weighted by molar-refractivity contribution is 6.06. The number of hydrogen-bond donors (Lipinski definition) is 2. The van der Waals surface area contributed by atoms with Crippen LogP contribution >= 0.6 is 0 Å². The number of carbonyl (C=O) groups is 2. The Morgan fingerprint density at radius 1 is 1.03 bits per heavy atom. The van der Waals surface area contributed by atoms with E-state index in [9.17, 15) is 9.59 Å². The molecule has 1 fully saturated rings. The summed E-state index contributed by atoms with van der Waals surface area (Å²) in [4.78, 5) is 31.8. The van der Waals surface area contributed by atoms with Crippen LogP contribution in [-0.4, -0.2) is 47.4 Å². The number of carbonyl (C=O) groups excluding carboxylic acids is 2. The molecule has 2 N–H and O–H groups in total. The maximum atomic E-state index is 12.9. The van der Waals surface area contributed by atoms with Gasteiger partial charge in [-0.1, -0.05) is 36.4 Å². The Balaban J connectivity index is 1.31. The van der Waals surface area contributed by atoms with Crippen LogP contribution in [0.1, 0.15) is 28.9 Å². The summed E-state index contributed by atoms with van der Waals surface area (Å²) in [5.41, 5.74) is 3.15. The minimum absolute atomic E-state index is 0.0117. The average Bonchev–Trinajstić information content (AvgIpc) is 2.75. The normalized spacial score (nSPS) is 15.1. The van der Waals surface area contributed by atoms with E-state index in [-0.39, 0.29) is 17.9 Å². The molecular formula is C24H26N4O2. The van der Waals surface area contributed by atoms with Gasteiger partial charge in [0.2, 0.25) is 5.91 Å². The van der Waals surface area contributed by atoms with Gasteiger partial charge in [0.1, 0.15) is 0 Å². The van der Waals surface area contributed by atoms with Crippen molar-refractivity contribution in [2.45, 2.75) is 25.8 Å². The van der Waals surface area contributed by atoms with Crippen molar-refractivity contribution in [3.63, 3.8) is 0 Å². The number of likely N-dealkylation sites (tertiary alicyclic amines) is 1. The van der Waals surface area contributed by atoms with Gasteiger partial charge < -0.3 is 10.6 Å². The summed E-state index contributed by atoms with van der Waals surface area (Å²) in [5, 5.41) is 6.97. The molecule has 0 bridgehead atoms. The lowest BCUT2D eigenvalue weighted by atomic mass is 10.0. The maximum Gasteiger partial charge on any atom is 0.252 e. The molecule has 0 radical (unpaired) electrons. The van der Waals surface area contributed by atoms with Gasteiger partial charge in [-0.25, -0.2) is 0 Å². The quantitative estimate of drug-likeness (QED) is 0.686. The standard InChI is InChI=1S/C24H26N4O2/c1-17-15-21(20-9-5-6-10-22(20)25-17)24(30)27-19-11-13-28(14-12-19)16-23(29)26-18-7-3-2-4-8-18/h2-10,15,19H,11-14,16H2,1H3,(H,26,29)(H,27,30). The van der Waals surface area contributed by atoms with Gasteiger partial charge in [-0.05, 0) is 44.0 Å². The molecule has 0 unspecified atom stereocenters. The van der Waals surface area contributed by atoms with Crippen molar-refractivity contribution in [3.05, 3.63) is 71.9 Å². The fourth-order valence-corrected chi connectivity index (χ4v) is 3.92. The van der Waals surface area contributed by atoms with E-state index in [2.05, 4.69) is 20.5 Å². The van der Waals surface area contributed by atoms with Crippen LogP contribution in [0.25, 0.3) is 10.9 Å². The molecule has 0 spiro atoms. The highest BCUT2D eigenvalue weighted by Gasteiger charge is 2.23. The minimum Gasteiger partial charge on any atom is -0.349 e. The lowest BCUT2D eigenvalue weighted by Crippen LogP contribution is -2.46. The summed E-state index contributed by atoms with van der Waals surface area (Å²) in [7, 11) is 0. The van der Waals surface area contributed by atoms with Crippen molar-refractivity contribution in [2.24, 2.45) is 0 Å². The second-order valence-electron chi connectivity index (χ2n) is 7.77. The molecule has 1 aliphatic rings. The first-order chi connectivity index (χ1) is 14.6. The van der Waals surface area contributed by atoms with Gasteiger partial charge in [-0.15, -0.1) is 0 Å². The summed E-state index contributed by atoms with van der Waals surface area (Å²) in [6.45, 7) is 3.83. The number of pyridine rings is 1. The van der Waals surface area contributed by atoms with E-state index in [1.807, 2.05) is 67.6 Å². The van der Waals surface area contributed by atoms with Gasteiger partial charge in [0.15, 0.2) is 0 Å². The Bertz CT molecular complexity index is 1040. The molecule has 3 aromatic rings. The topological polar surface area (TPSA) is 74.3 Å². The van der Waals surface area contributed by atoms with Gasteiger partial charge in [-0.2, -0.15) is 0 Å². The third kappa shape index (κ3) is 4.83. The molecule has 1 saturated heterocycles. The Kier molecular flexibility index (Phi) is 6.05. The van der Waals surface area contributed by atoms with Gasteiger partial charge in [0.25, 0.3) is 5.91 Å². The lowest BCUT2D eigenvalue weighted by molar-refractivity contribution is -0.117. The largest absolute Gasteiger partial charge is 0.349 e. The number of nitrogens with zero attached hydrogens (tertiary/aromatic N) is 2. The number of benzene rings is 2. The number of rotatable bonds is 5. The Morgan fingerprint density at radius 2 is 1.73 bits per heavy atom. The monoisotopic (exact) mass is 402 g/mol. The Labute approximate surface area is 176 Å². The van der Waals surface area contributed by atoms with Crippen LogP contribution in [0.3, 0.4) is 0 Å². The first kappa shape index (κ1) is 20.0. The maximum absolute atomic E-state index is 12.9. The number of fused-ring (bicyclic) bond motifs is 1. The summed E-state index contributed by atoms with van der Waals surface area (Å²) < 4.78 is 0. The van der Waals surface area contributed by atoms with Crippen LogP contribution in [-0.2, 0) is 4.79 Å². The summed E-state index contributed by atoms with van der Waals surface area (Å²) in [6.07, 6.45) is 1.65. The van der Waals surface area contributed by atoms with Crippen molar-refractivity contribution in [2.75, 3.05) is 25.0 Å². The molecule has 1 aliphatic heterocycles. The second-order valence-corrected chi connectivity index (χ2v) is 7.77. The molecule has 2 heterocycles. The van der Waals surface area contributed by atoms with Crippen LogP contribution in [0, 0.1) is 6.92 Å². The molecule has 6 heteroatoms. The molecular weight excluding hydrogens is 376 g/mol. The fraction of sp³-hybridized carbons (Fsp3) is 0.292. The Hall–Kier alpha value is -3.25. The Morgan fingerprint density at radius 3 is 2.50 bits per heavy atom. The molecule has 6 nitrogen and oxygen atoms in total. The number of amides is 2. The van der Waals surface area contributed by atoms with Crippen molar-refractivity contribution in [1.82, 2.24) is 15.2 Å². The van der Waals surface area contributed by atoms with E-state index in [0.717, 1.165) is 48.2 Å². The van der Waals surface area contributed by atoms with E-state index in [4.69, 9.17) is 0 Å². The van der Waals surface area contributed by atoms with Crippen LogP contribution in [0.5, 0.6) is 0 Å². The zero-order valence-electron chi connectivity index (χ0n) is 17.1. The molecule has 2 amide bonds. The number of aromatic nitrogens is 1. The SMILES string of the molecule is Cc1cc(C(=O)NC2CCN(CC(=O)Nc3ccccc3)CC2)c2ccccc2n1. The summed E-state index contributed by atoms with van der Waals surface area (Å²) >= 11 is 0. The number of hydrogen-bond acceptors (Lipinski definition) is 4. The fourth-order valence-electron chi connectivity index (χ4n) is 3.92. The first-order valence-corrected chi connectivity index (χ1v) is 10.3. The molecule has 0 saturated carbocycles. The van der Waals surface area contributed by atoms with Crippen LogP contribution < -0.4 is 10.6 Å². The lowest BCUT2D eigenvalue weighted by Gasteiger charge is -2.32. The predicted octanol–water partition coefficient (Wildman–Crippen LogP) is 3.38. The molecule has 1 aromatic heterocycles. The van der Waals surface area contributed by atoms with E-state index >= 15 is 0 Å². The van der Waals surface area contributed by atoms with Crippen molar-refractivity contribution in [3.8, 4) is 0 Å². The van der Waals surface area contributed by atoms with E-state index in [1.165, 1.54) is 0 Å². The van der Waals surface area contributed by atoms with Gasteiger partial charge in [0, 0.05) is 35.9 Å². The van der Waals surface area contributed by atoms with E-state index in [0.29, 0.717) is 12.1 Å². The molecule has 30 heavy (non-hydrogen) atoms. The molecule has 2 aromatic carbocycles. The van der Waals surface area contributed by atoms with Crippen LogP contribution in [0.4, 0.5) is 5.69 Å². The van der Waals surface area contributed by atoms with Gasteiger partial charge in [-0.3, -0.25) is 19.5 Å². The predicted molar refractivity (Wildman–Crippen MR) is 118 cm³/mol. The number of nitrogens with one attached hydrogen (secondary N) is 2. The highest BCUT2D eigenvalue weighted by Crippen LogP contribution is 2.19. The summed E-state index contributed by atoms with van der Waals surface area (Å²) in [5.74, 6) is -0.0700. The van der Waals surface area contributed by atoms with Gasteiger partial charge >= 0.3 is 0 Å². The van der Waals surface area contributed by atoms with Crippen molar-refractivity contribution < 1.29 is 9.59 Å². The third-order valence-corrected chi connectivity index (χ3v) is 5.44. The summed E-state index contributed by atoms with van der Waals surface area (Å²) in [6, 6.07) is 19.2. The smallest absolute Gasteiger partial charge is 0.252 e. The molecule has 154 valence electrons. The first-order valence-electron chi connectivity index (χ1n) is 10.3. The van der Waals surface area contributed by atoms with E-state index in [1.54, 1.807) is 0 Å². The number of aryl methyl sites for hydroxylation is 1. The second kappa shape index (κ2) is 9.05. The average molecular weight is 402 g/mol. The van der Waals surface area contributed by atoms with Crippen LogP contribution in [0.15, 0.2) is 60.7 Å². The van der Waals surface area contributed by atoms with Crippen molar-refractivity contribution >= 4 is 28.4 Å². The number of para-hydroxylation sites is 2. The number of anilines is 1. The minimum atomic E-state index is -0.0584. The highest BCUT2D eigenvalue weighted by atomic mass is 16.2. The number of piperidine rings is 1. The van der Waals surface area contributed by atoms with Crippen LogP contribution in [0.2, 0.25) is 0 Å². The zero-order chi connectivity index (χ0) is 20.9. The van der Waals surface area contributed by atoms with E-state index < -0.39 is 0 Å². The molecule has 0 aliphatic carbocycles. The molecule has 4 rings (SSSR count). The van der Waals surface area contributed by atoms with Crippen molar-refractivity contribution in [1.29, 1.82) is 0 Å². The zero-order valence-corrected chi connectivity index (χ0v) is 17.1. The third-order valence-electron chi connectivity index (χ3n) is 5.44. The molecule has 0 atom stereocenters.